The molecule has 0 radical (unpaired) electrons. The summed E-state index contributed by atoms with van der Waals surface area (Å²) in [6.45, 7) is 0. The lowest BCUT2D eigenvalue weighted by atomic mass is 9.87. The Morgan fingerprint density at radius 3 is 2.67 bits per heavy atom. The molecule has 1 aromatic rings. The second-order valence-electron chi connectivity index (χ2n) is 5.05. The summed E-state index contributed by atoms with van der Waals surface area (Å²) in [6.07, 6.45) is 6.92. The largest absolute Gasteiger partial charge is 0.326 e. The summed E-state index contributed by atoms with van der Waals surface area (Å²) in [7, 11) is 0. The van der Waals surface area contributed by atoms with Gasteiger partial charge in [-0.3, -0.25) is 4.79 Å². The van der Waals surface area contributed by atoms with Crippen LogP contribution in [-0.4, -0.2) is 5.91 Å². The molecule has 1 aliphatic carbocycles. The van der Waals surface area contributed by atoms with E-state index in [0.29, 0.717) is 18.2 Å². The molecule has 0 atom stereocenters. The molecule has 0 spiro atoms. The summed E-state index contributed by atoms with van der Waals surface area (Å²) in [6, 6.07) is 7.72. The van der Waals surface area contributed by atoms with Crippen LogP contribution in [-0.2, 0) is 10.7 Å². The van der Waals surface area contributed by atoms with Crippen molar-refractivity contribution in [1.29, 1.82) is 0 Å². The maximum absolute atomic E-state index is 12.0. The molecule has 1 saturated carbocycles. The number of para-hydroxylation sites is 1. The standard InChI is InChI=1S/C15H20ClNO/c16-11-13-8-4-5-9-14(13)17-15(18)10-12-6-2-1-3-7-12/h4-5,8-9,12H,1-3,6-7,10-11H2,(H,17,18). The Hall–Kier alpha value is -1.02. The Morgan fingerprint density at radius 1 is 1.22 bits per heavy atom. The van der Waals surface area contributed by atoms with Gasteiger partial charge in [-0.25, -0.2) is 0 Å². The first-order chi connectivity index (χ1) is 8.79. The van der Waals surface area contributed by atoms with Crippen molar-refractivity contribution in [2.45, 2.75) is 44.4 Å². The highest BCUT2D eigenvalue weighted by Gasteiger charge is 2.17. The van der Waals surface area contributed by atoms with E-state index in [4.69, 9.17) is 11.6 Å². The zero-order valence-electron chi connectivity index (χ0n) is 10.6. The Bertz CT molecular complexity index is 399. The molecule has 1 amide bonds. The molecule has 0 saturated heterocycles. The number of rotatable bonds is 4. The van der Waals surface area contributed by atoms with Gasteiger partial charge >= 0.3 is 0 Å². The molecule has 3 heteroatoms. The topological polar surface area (TPSA) is 29.1 Å². The van der Waals surface area contributed by atoms with Crippen LogP contribution in [0.1, 0.15) is 44.1 Å². The summed E-state index contributed by atoms with van der Waals surface area (Å²) in [5.41, 5.74) is 1.84. The van der Waals surface area contributed by atoms with Crippen LogP contribution in [0.25, 0.3) is 0 Å². The molecule has 2 rings (SSSR count). The predicted octanol–water partition coefficient (Wildman–Crippen LogP) is 4.33. The molecule has 0 aromatic heterocycles. The maximum atomic E-state index is 12.0. The van der Waals surface area contributed by atoms with Crippen LogP contribution >= 0.6 is 11.6 Å². The third kappa shape index (κ3) is 3.74. The number of nitrogens with one attached hydrogen (secondary N) is 1. The SMILES string of the molecule is O=C(CC1CCCCC1)Nc1ccccc1CCl. The van der Waals surface area contributed by atoms with Crippen LogP contribution in [0, 0.1) is 5.92 Å². The third-order valence-corrected chi connectivity index (χ3v) is 3.92. The molecule has 0 unspecified atom stereocenters. The number of hydrogen-bond donors (Lipinski definition) is 1. The predicted molar refractivity (Wildman–Crippen MR) is 75.8 cm³/mol. The van der Waals surface area contributed by atoms with Crippen LogP contribution in [0.3, 0.4) is 0 Å². The zero-order valence-corrected chi connectivity index (χ0v) is 11.4. The second kappa shape index (κ2) is 6.79. The van der Waals surface area contributed by atoms with E-state index in [1.807, 2.05) is 24.3 Å². The van der Waals surface area contributed by atoms with Crippen molar-refractivity contribution < 1.29 is 4.79 Å². The van der Waals surface area contributed by atoms with Gasteiger partial charge in [-0.2, -0.15) is 0 Å². The number of hydrogen-bond acceptors (Lipinski definition) is 1. The van der Waals surface area contributed by atoms with E-state index < -0.39 is 0 Å². The molecule has 0 heterocycles. The molecule has 0 aliphatic heterocycles. The Balaban J connectivity index is 1.90. The van der Waals surface area contributed by atoms with Gasteiger partial charge in [0, 0.05) is 18.0 Å². The van der Waals surface area contributed by atoms with Gasteiger partial charge in [0.25, 0.3) is 0 Å². The quantitative estimate of drug-likeness (QED) is 0.807. The lowest BCUT2D eigenvalue weighted by molar-refractivity contribution is -0.117. The number of amides is 1. The fraction of sp³-hybridized carbons (Fsp3) is 0.533. The van der Waals surface area contributed by atoms with E-state index in [-0.39, 0.29) is 5.91 Å². The summed E-state index contributed by atoms with van der Waals surface area (Å²) in [5.74, 6) is 1.13. The van der Waals surface area contributed by atoms with Crippen molar-refractivity contribution in [3.8, 4) is 0 Å². The van der Waals surface area contributed by atoms with Crippen molar-refractivity contribution in [1.82, 2.24) is 0 Å². The minimum absolute atomic E-state index is 0.125. The van der Waals surface area contributed by atoms with E-state index in [1.54, 1.807) is 0 Å². The number of anilines is 1. The molecule has 18 heavy (non-hydrogen) atoms. The summed E-state index contributed by atoms with van der Waals surface area (Å²) in [5, 5.41) is 2.99. The van der Waals surface area contributed by atoms with Crippen molar-refractivity contribution >= 4 is 23.2 Å². The van der Waals surface area contributed by atoms with Crippen molar-refractivity contribution in [2.24, 2.45) is 5.92 Å². The lowest BCUT2D eigenvalue weighted by Gasteiger charge is -2.21. The van der Waals surface area contributed by atoms with E-state index in [2.05, 4.69) is 5.32 Å². The molecule has 2 nitrogen and oxygen atoms in total. The summed E-state index contributed by atoms with van der Waals surface area (Å²) < 4.78 is 0. The van der Waals surface area contributed by atoms with Gasteiger partial charge in [-0.15, -0.1) is 11.6 Å². The normalized spacial score (nSPS) is 16.5. The monoisotopic (exact) mass is 265 g/mol. The first-order valence-corrected chi connectivity index (χ1v) is 7.27. The van der Waals surface area contributed by atoms with E-state index in [9.17, 15) is 4.79 Å². The number of benzene rings is 1. The van der Waals surface area contributed by atoms with Crippen molar-refractivity contribution in [2.75, 3.05) is 5.32 Å². The highest BCUT2D eigenvalue weighted by atomic mass is 35.5. The zero-order chi connectivity index (χ0) is 12.8. The average molecular weight is 266 g/mol. The summed E-state index contributed by atoms with van der Waals surface area (Å²) >= 11 is 5.86. The van der Waals surface area contributed by atoms with Crippen LogP contribution in [0.5, 0.6) is 0 Å². The van der Waals surface area contributed by atoms with Gasteiger partial charge < -0.3 is 5.32 Å². The van der Waals surface area contributed by atoms with Gasteiger partial charge in [0.05, 0.1) is 0 Å². The Morgan fingerprint density at radius 2 is 1.94 bits per heavy atom. The minimum atomic E-state index is 0.125. The molecular formula is C15H20ClNO. The molecule has 1 aromatic carbocycles. The van der Waals surface area contributed by atoms with Gasteiger partial charge in [-0.1, -0.05) is 37.5 Å². The van der Waals surface area contributed by atoms with E-state index in [0.717, 1.165) is 11.3 Å². The van der Waals surface area contributed by atoms with Gasteiger partial charge in [0.15, 0.2) is 0 Å². The molecule has 1 fully saturated rings. The van der Waals surface area contributed by atoms with Crippen molar-refractivity contribution in [3.05, 3.63) is 29.8 Å². The lowest BCUT2D eigenvalue weighted by Crippen LogP contribution is -2.18. The molecule has 1 N–H and O–H groups in total. The Kier molecular flexibility index (Phi) is 5.06. The van der Waals surface area contributed by atoms with Gasteiger partial charge in [0.2, 0.25) is 5.91 Å². The first-order valence-electron chi connectivity index (χ1n) is 6.73. The van der Waals surface area contributed by atoms with E-state index in [1.165, 1.54) is 32.1 Å². The summed E-state index contributed by atoms with van der Waals surface area (Å²) in [4.78, 5) is 12.0. The molecule has 1 aliphatic rings. The second-order valence-corrected chi connectivity index (χ2v) is 5.31. The number of carbonyl (C=O) groups excluding carboxylic acids is 1. The highest BCUT2D eigenvalue weighted by molar-refractivity contribution is 6.17. The van der Waals surface area contributed by atoms with Gasteiger partial charge in [0.1, 0.15) is 0 Å². The first kappa shape index (κ1) is 13.4. The fourth-order valence-electron chi connectivity index (χ4n) is 2.61. The Labute approximate surface area is 114 Å². The highest BCUT2D eigenvalue weighted by Crippen LogP contribution is 2.27. The van der Waals surface area contributed by atoms with Crippen LogP contribution in [0.2, 0.25) is 0 Å². The average Bonchev–Trinajstić information content (AvgIpc) is 2.40. The smallest absolute Gasteiger partial charge is 0.224 e. The number of halogens is 1. The molecule has 0 bridgehead atoms. The van der Waals surface area contributed by atoms with Crippen LogP contribution in [0.15, 0.2) is 24.3 Å². The minimum Gasteiger partial charge on any atom is -0.326 e. The van der Waals surface area contributed by atoms with E-state index >= 15 is 0 Å². The molecule has 98 valence electrons. The fourth-order valence-corrected chi connectivity index (χ4v) is 2.85. The molecular weight excluding hydrogens is 246 g/mol. The van der Waals surface area contributed by atoms with Crippen molar-refractivity contribution in [3.63, 3.8) is 0 Å². The van der Waals surface area contributed by atoms with Crippen LogP contribution < -0.4 is 5.32 Å². The van der Waals surface area contributed by atoms with Crippen LogP contribution in [0.4, 0.5) is 5.69 Å². The maximum Gasteiger partial charge on any atom is 0.224 e. The third-order valence-electron chi connectivity index (χ3n) is 3.63. The van der Waals surface area contributed by atoms with Gasteiger partial charge in [-0.05, 0) is 30.4 Å². The number of carbonyl (C=O) groups is 1. The number of alkyl halides is 1.